The Bertz CT molecular complexity index is 411. The molecule has 2 aromatic rings. The molecule has 0 aliphatic rings. The van der Waals surface area contributed by atoms with Gasteiger partial charge >= 0.3 is 0 Å². The first-order chi connectivity index (χ1) is 8.65. The monoisotopic (exact) mass is 252 g/mol. The second kappa shape index (κ2) is 7.21. The van der Waals surface area contributed by atoms with Crippen molar-refractivity contribution in [3.63, 3.8) is 0 Å². The van der Waals surface area contributed by atoms with E-state index in [-0.39, 0.29) is 11.6 Å². The molecule has 0 amide bonds. The first kappa shape index (κ1) is 13.9. The molecule has 0 aliphatic carbocycles. The smallest absolute Gasteiger partial charge is 0.123 e. The van der Waals surface area contributed by atoms with E-state index in [4.69, 9.17) is 11.7 Å². The van der Waals surface area contributed by atoms with Crippen LogP contribution in [0.4, 0.5) is 20.2 Å². The molecule has 0 atom stereocenters. The first-order valence-corrected chi connectivity index (χ1v) is 5.10. The number of halogens is 2. The number of rotatable bonds is 2. The molecule has 6 heteroatoms. The van der Waals surface area contributed by atoms with Gasteiger partial charge in [0.05, 0.1) is 0 Å². The summed E-state index contributed by atoms with van der Waals surface area (Å²) in [6.07, 6.45) is 0. The summed E-state index contributed by atoms with van der Waals surface area (Å²) in [7, 11) is 0. The molecule has 0 unspecified atom stereocenters. The Balaban J connectivity index is 0.000000180. The fourth-order valence-corrected chi connectivity index (χ4v) is 1.09. The first-order valence-electron chi connectivity index (χ1n) is 5.10. The summed E-state index contributed by atoms with van der Waals surface area (Å²) >= 11 is 0. The number of nitrogen functional groups attached to an aromatic ring is 2. The highest BCUT2D eigenvalue weighted by Gasteiger charge is 1.87. The number of hydrazine groups is 2. The summed E-state index contributed by atoms with van der Waals surface area (Å²) in [6.45, 7) is 0. The van der Waals surface area contributed by atoms with Gasteiger partial charge in [-0.25, -0.2) is 8.78 Å². The van der Waals surface area contributed by atoms with Gasteiger partial charge in [0.1, 0.15) is 11.6 Å². The van der Waals surface area contributed by atoms with Gasteiger partial charge in [-0.05, 0) is 48.5 Å². The molecule has 6 N–H and O–H groups in total. The van der Waals surface area contributed by atoms with E-state index in [9.17, 15) is 8.78 Å². The third-order valence-corrected chi connectivity index (χ3v) is 2.02. The molecule has 0 radical (unpaired) electrons. The molecule has 18 heavy (non-hydrogen) atoms. The normalized spacial score (nSPS) is 9.11. The summed E-state index contributed by atoms with van der Waals surface area (Å²) in [6, 6.07) is 11.6. The lowest BCUT2D eigenvalue weighted by Crippen LogP contribution is -2.05. The van der Waals surface area contributed by atoms with Gasteiger partial charge in [-0.3, -0.25) is 11.7 Å². The molecular formula is C12H14F2N4. The lowest BCUT2D eigenvalue weighted by Gasteiger charge is -1.95. The van der Waals surface area contributed by atoms with Gasteiger partial charge in [-0.1, -0.05) is 0 Å². The Morgan fingerprint density at radius 3 is 1.11 bits per heavy atom. The van der Waals surface area contributed by atoms with E-state index in [0.717, 1.165) is 0 Å². The number of benzene rings is 2. The Hall–Kier alpha value is -2.18. The molecule has 2 rings (SSSR count). The van der Waals surface area contributed by atoms with E-state index in [1.807, 2.05) is 0 Å². The van der Waals surface area contributed by atoms with Crippen molar-refractivity contribution >= 4 is 11.4 Å². The quantitative estimate of drug-likeness (QED) is 0.488. The van der Waals surface area contributed by atoms with Crippen LogP contribution < -0.4 is 22.5 Å². The van der Waals surface area contributed by atoms with Gasteiger partial charge in [-0.15, -0.1) is 0 Å². The number of anilines is 2. The summed E-state index contributed by atoms with van der Waals surface area (Å²) in [5, 5.41) is 0. The zero-order chi connectivity index (χ0) is 13.4. The molecule has 0 saturated heterocycles. The van der Waals surface area contributed by atoms with Crippen LogP contribution in [0.15, 0.2) is 48.5 Å². The zero-order valence-electron chi connectivity index (χ0n) is 9.53. The van der Waals surface area contributed by atoms with Gasteiger partial charge in [0.15, 0.2) is 0 Å². The number of hydrogen-bond donors (Lipinski definition) is 4. The molecule has 0 spiro atoms. The third-order valence-electron chi connectivity index (χ3n) is 2.02. The number of nitrogens with two attached hydrogens (primary N) is 2. The molecular weight excluding hydrogens is 238 g/mol. The van der Waals surface area contributed by atoms with Crippen molar-refractivity contribution in [2.75, 3.05) is 10.9 Å². The van der Waals surface area contributed by atoms with E-state index in [2.05, 4.69) is 10.9 Å². The van der Waals surface area contributed by atoms with Gasteiger partial charge in [0, 0.05) is 11.4 Å². The van der Waals surface area contributed by atoms with Crippen molar-refractivity contribution in [1.82, 2.24) is 0 Å². The minimum absolute atomic E-state index is 0.256. The van der Waals surface area contributed by atoms with E-state index in [1.165, 1.54) is 24.3 Å². The van der Waals surface area contributed by atoms with Crippen LogP contribution in [0.2, 0.25) is 0 Å². The van der Waals surface area contributed by atoms with Crippen molar-refractivity contribution in [3.05, 3.63) is 60.2 Å². The lowest BCUT2D eigenvalue weighted by molar-refractivity contribution is 0.627. The van der Waals surface area contributed by atoms with Crippen LogP contribution >= 0.6 is 0 Å². The molecule has 0 fully saturated rings. The van der Waals surface area contributed by atoms with E-state index < -0.39 is 0 Å². The summed E-state index contributed by atoms with van der Waals surface area (Å²) < 4.78 is 24.3. The Morgan fingerprint density at radius 1 is 0.611 bits per heavy atom. The third kappa shape index (κ3) is 4.77. The highest BCUT2D eigenvalue weighted by molar-refractivity contribution is 5.41. The number of nitrogens with one attached hydrogen (secondary N) is 2. The lowest BCUT2D eigenvalue weighted by atomic mass is 10.3. The SMILES string of the molecule is NNc1ccc(F)cc1.NNc1ccc(F)cc1. The van der Waals surface area contributed by atoms with Crippen molar-refractivity contribution in [3.8, 4) is 0 Å². The van der Waals surface area contributed by atoms with E-state index >= 15 is 0 Å². The summed E-state index contributed by atoms with van der Waals surface area (Å²) in [5.41, 5.74) is 6.18. The van der Waals surface area contributed by atoms with Crippen LogP contribution in [0, 0.1) is 11.6 Å². The van der Waals surface area contributed by atoms with E-state index in [1.54, 1.807) is 24.3 Å². The van der Waals surface area contributed by atoms with Crippen molar-refractivity contribution in [2.45, 2.75) is 0 Å². The second-order valence-corrected chi connectivity index (χ2v) is 3.30. The van der Waals surface area contributed by atoms with Crippen molar-refractivity contribution in [2.24, 2.45) is 11.7 Å². The highest BCUT2D eigenvalue weighted by Crippen LogP contribution is 2.05. The van der Waals surface area contributed by atoms with Crippen LogP contribution in [-0.2, 0) is 0 Å². The average molecular weight is 252 g/mol. The van der Waals surface area contributed by atoms with Gasteiger partial charge in [0.25, 0.3) is 0 Å². The van der Waals surface area contributed by atoms with Crippen LogP contribution in [0.25, 0.3) is 0 Å². The Kier molecular flexibility index (Phi) is 5.56. The maximum atomic E-state index is 12.2. The van der Waals surface area contributed by atoms with Crippen molar-refractivity contribution in [1.29, 1.82) is 0 Å². The molecule has 0 aliphatic heterocycles. The van der Waals surface area contributed by atoms with Crippen molar-refractivity contribution < 1.29 is 8.78 Å². The predicted molar refractivity (Wildman–Crippen MR) is 68.4 cm³/mol. The fourth-order valence-electron chi connectivity index (χ4n) is 1.09. The van der Waals surface area contributed by atoms with Gasteiger partial charge in [0.2, 0.25) is 0 Å². The molecule has 96 valence electrons. The predicted octanol–water partition coefficient (Wildman–Crippen LogP) is 2.22. The van der Waals surface area contributed by atoms with Crippen LogP contribution in [0.5, 0.6) is 0 Å². The van der Waals surface area contributed by atoms with Crippen LogP contribution in [0.1, 0.15) is 0 Å². The standard InChI is InChI=1S/2C6H7FN2/c2*7-5-1-3-6(9-8)4-2-5/h2*1-4,9H,8H2. The largest absolute Gasteiger partial charge is 0.324 e. The Labute approximate surface area is 104 Å². The molecule has 0 saturated carbocycles. The molecule has 0 heterocycles. The van der Waals surface area contributed by atoms with Crippen LogP contribution in [0.3, 0.4) is 0 Å². The minimum Gasteiger partial charge on any atom is -0.324 e. The average Bonchev–Trinajstić information content (AvgIpc) is 2.41. The maximum absolute atomic E-state index is 12.2. The molecule has 0 bridgehead atoms. The summed E-state index contributed by atoms with van der Waals surface area (Å²) in [4.78, 5) is 0. The van der Waals surface area contributed by atoms with E-state index in [0.29, 0.717) is 11.4 Å². The Morgan fingerprint density at radius 2 is 0.889 bits per heavy atom. The number of hydrogen-bond acceptors (Lipinski definition) is 4. The topological polar surface area (TPSA) is 76.1 Å². The molecule has 4 nitrogen and oxygen atoms in total. The molecule has 2 aromatic carbocycles. The fraction of sp³-hybridized carbons (Fsp3) is 0. The summed E-state index contributed by atoms with van der Waals surface area (Å²) in [5.74, 6) is 9.54. The highest BCUT2D eigenvalue weighted by atomic mass is 19.1. The van der Waals surface area contributed by atoms with Gasteiger partial charge < -0.3 is 10.9 Å². The van der Waals surface area contributed by atoms with Gasteiger partial charge in [-0.2, -0.15) is 0 Å². The van der Waals surface area contributed by atoms with Crippen LogP contribution in [-0.4, -0.2) is 0 Å². The minimum atomic E-state index is -0.256. The zero-order valence-corrected chi connectivity index (χ0v) is 9.53. The second-order valence-electron chi connectivity index (χ2n) is 3.30. The molecule has 0 aromatic heterocycles. The maximum Gasteiger partial charge on any atom is 0.123 e.